The number of hydrogen-bond donors (Lipinski definition) is 0. The zero-order valence-corrected chi connectivity index (χ0v) is 14.8. The van der Waals surface area contributed by atoms with Crippen LogP contribution in [-0.4, -0.2) is 28.4 Å². The number of rotatable bonds is 5. The predicted octanol–water partition coefficient (Wildman–Crippen LogP) is 2.79. The number of thiophene rings is 1. The maximum atomic E-state index is 13.0. The van der Waals surface area contributed by atoms with Crippen LogP contribution in [0.4, 0.5) is 0 Å². The van der Waals surface area contributed by atoms with Crippen molar-refractivity contribution in [2.75, 3.05) is 12.9 Å². The van der Waals surface area contributed by atoms with Crippen molar-refractivity contribution in [2.24, 2.45) is 0 Å². The second kappa shape index (κ2) is 6.49. The van der Waals surface area contributed by atoms with E-state index < -0.39 is 0 Å². The van der Waals surface area contributed by atoms with E-state index in [-0.39, 0.29) is 17.3 Å². The highest BCUT2D eigenvalue weighted by Gasteiger charge is 2.23. The summed E-state index contributed by atoms with van der Waals surface area (Å²) in [5, 5.41) is 1.31. The second-order valence-corrected chi connectivity index (χ2v) is 7.67. The van der Waals surface area contributed by atoms with Gasteiger partial charge in [-0.3, -0.25) is 14.2 Å². The van der Waals surface area contributed by atoms with Gasteiger partial charge in [0.1, 0.15) is 4.83 Å². The molecule has 0 fully saturated rings. The van der Waals surface area contributed by atoms with Gasteiger partial charge in [0, 0.05) is 11.4 Å². The molecule has 1 aliphatic carbocycles. The lowest BCUT2D eigenvalue weighted by Crippen LogP contribution is -2.24. The molecule has 122 valence electrons. The molecule has 0 saturated heterocycles. The van der Waals surface area contributed by atoms with Crippen LogP contribution in [0.3, 0.4) is 0 Å². The van der Waals surface area contributed by atoms with Gasteiger partial charge in [0.2, 0.25) is 0 Å². The summed E-state index contributed by atoms with van der Waals surface area (Å²) in [5.41, 5.74) is 2.02. The van der Waals surface area contributed by atoms with Gasteiger partial charge in [-0.1, -0.05) is 23.9 Å². The molecule has 7 heteroatoms. The Bertz CT molecular complexity index is 851. The highest BCUT2D eigenvalue weighted by Crippen LogP contribution is 2.35. The maximum absolute atomic E-state index is 13.0. The topological polar surface area (TPSA) is 61.2 Å². The van der Waals surface area contributed by atoms with E-state index in [0.29, 0.717) is 11.7 Å². The third-order valence-electron chi connectivity index (χ3n) is 3.76. The Balaban J connectivity index is 2.12. The number of methoxy groups -OCH3 is 1. The number of ether oxygens (including phenoxy) is 1. The monoisotopic (exact) mass is 350 g/mol. The summed E-state index contributed by atoms with van der Waals surface area (Å²) in [5.74, 6) is -0.199. The van der Waals surface area contributed by atoms with Crippen LogP contribution in [-0.2, 0) is 28.9 Å². The van der Waals surface area contributed by atoms with Crippen molar-refractivity contribution in [3.8, 4) is 0 Å². The van der Waals surface area contributed by atoms with Crippen LogP contribution in [0.2, 0.25) is 0 Å². The average Bonchev–Trinajstić information content (AvgIpc) is 3.07. The van der Waals surface area contributed by atoms with Gasteiger partial charge in [0.15, 0.2) is 5.16 Å². The number of carbonyl (C=O) groups excluding carboxylic acids is 1. The van der Waals surface area contributed by atoms with Crippen molar-refractivity contribution in [2.45, 2.75) is 37.9 Å². The van der Waals surface area contributed by atoms with E-state index in [0.717, 1.165) is 35.1 Å². The number of esters is 1. The number of carbonyl (C=O) groups is 1. The van der Waals surface area contributed by atoms with Gasteiger partial charge in [0.05, 0.1) is 18.2 Å². The summed E-state index contributed by atoms with van der Waals surface area (Å²) in [6, 6.07) is 0. The van der Waals surface area contributed by atoms with Crippen molar-refractivity contribution in [1.82, 2.24) is 9.55 Å². The molecule has 0 N–H and O–H groups in total. The molecule has 3 rings (SSSR count). The van der Waals surface area contributed by atoms with Gasteiger partial charge in [-0.15, -0.1) is 11.3 Å². The molecule has 0 atom stereocenters. The first-order valence-electron chi connectivity index (χ1n) is 7.40. The first kappa shape index (κ1) is 16.3. The molecule has 0 radical (unpaired) electrons. The Hall–Kier alpha value is -1.60. The molecule has 0 bridgehead atoms. The largest absolute Gasteiger partial charge is 0.468 e. The van der Waals surface area contributed by atoms with Crippen molar-refractivity contribution in [3.63, 3.8) is 0 Å². The van der Waals surface area contributed by atoms with Crippen LogP contribution in [0, 0.1) is 0 Å². The van der Waals surface area contributed by atoms with Crippen molar-refractivity contribution < 1.29 is 9.53 Å². The summed E-state index contributed by atoms with van der Waals surface area (Å²) in [6.45, 7) is 6.19. The molecule has 2 aromatic heterocycles. The Morgan fingerprint density at radius 1 is 1.48 bits per heavy atom. The number of aryl methyl sites for hydroxylation is 2. The fourth-order valence-electron chi connectivity index (χ4n) is 2.76. The summed E-state index contributed by atoms with van der Waals surface area (Å²) in [4.78, 5) is 31.1. The fourth-order valence-corrected chi connectivity index (χ4v) is 4.89. The molecule has 1 aliphatic rings. The zero-order chi connectivity index (χ0) is 16.6. The van der Waals surface area contributed by atoms with E-state index in [1.54, 1.807) is 15.9 Å². The Morgan fingerprint density at radius 2 is 2.26 bits per heavy atom. The lowest BCUT2D eigenvalue weighted by atomic mass is 10.2. The average molecular weight is 350 g/mol. The Morgan fingerprint density at radius 3 is 2.96 bits per heavy atom. The minimum atomic E-state index is -0.333. The van der Waals surface area contributed by atoms with E-state index in [4.69, 9.17) is 0 Å². The first-order chi connectivity index (χ1) is 11.0. The number of thioether (sulfide) groups is 1. The number of nitrogens with zero attached hydrogens (tertiary/aromatic N) is 2. The van der Waals surface area contributed by atoms with E-state index in [1.165, 1.54) is 29.3 Å². The van der Waals surface area contributed by atoms with Gasteiger partial charge in [-0.25, -0.2) is 4.98 Å². The smallest absolute Gasteiger partial charge is 0.316 e. The summed E-state index contributed by atoms with van der Waals surface area (Å²) < 4.78 is 6.30. The zero-order valence-electron chi connectivity index (χ0n) is 13.2. The first-order valence-corrected chi connectivity index (χ1v) is 9.20. The molecular weight excluding hydrogens is 332 g/mol. The van der Waals surface area contributed by atoms with Crippen molar-refractivity contribution in [3.05, 3.63) is 32.9 Å². The van der Waals surface area contributed by atoms with E-state index in [1.807, 2.05) is 6.92 Å². The summed E-state index contributed by atoms with van der Waals surface area (Å²) in [7, 11) is 1.35. The number of fused-ring (bicyclic) bond motifs is 3. The number of allylic oxidation sites excluding steroid dienone is 1. The quantitative estimate of drug-likeness (QED) is 0.359. The summed E-state index contributed by atoms with van der Waals surface area (Å²) in [6.07, 6.45) is 3.09. The second-order valence-electron chi connectivity index (χ2n) is 5.65. The number of hydrogen-bond acceptors (Lipinski definition) is 6. The van der Waals surface area contributed by atoms with Gasteiger partial charge in [-0.2, -0.15) is 0 Å². The maximum Gasteiger partial charge on any atom is 0.316 e. The van der Waals surface area contributed by atoms with E-state index in [9.17, 15) is 9.59 Å². The Labute approximate surface area is 142 Å². The van der Waals surface area contributed by atoms with Crippen molar-refractivity contribution in [1.29, 1.82) is 0 Å². The van der Waals surface area contributed by atoms with Crippen LogP contribution in [0.25, 0.3) is 10.2 Å². The molecule has 0 spiro atoms. The molecule has 0 aliphatic heterocycles. The van der Waals surface area contributed by atoms with Crippen LogP contribution in [0.15, 0.2) is 22.1 Å². The predicted molar refractivity (Wildman–Crippen MR) is 93.5 cm³/mol. The standard InChI is InChI=1S/C16H18N2O3S2/c1-9(2)7-18-15(20)13-10-5-4-6-11(10)23-14(13)17-16(18)22-8-12(19)21-3/h1,4-8H2,2-3H3. The lowest BCUT2D eigenvalue weighted by Gasteiger charge is -2.11. The molecule has 0 saturated carbocycles. The SMILES string of the molecule is C=C(C)Cn1c(SCC(=O)OC)nc2sc3c(c2c1=O)CCC3. The molecule has 0 amide bonds. The minimum Gasteiger partial charge on any atom is -0.468 e. The van der Waals surface area contributed by atoms with Gasteiger partial charge >= 0.3 is 5.97 Å². The fraction of sp³-hybridized carbons (Fsp3) is 0.438. The molecule has 0 unspecified atom stereocenters. The number of aromatic nitrogens is 2. The van der Waals surface area contributed by atoms with Crippen LogP contribution in [0.5, 0.6) is 0 Å². The highest BCUT2D eigenvalue weighted by molar-refractivity contribution is 7.99. The molecule has 5 nitrogen and oxygen atoms in total. The lowest BCUT2D eigenvalue weighted by molar-refractivity contribution is -0.137. The van der Waals surface area contributed by atoms with E-state index in [2.05, 4.69) is 16.3 Å². The summed E-state index contributed by atoms with van der Waals surface area (Å²) >= 11 is 2.84. The Kier molecular flexibility index (Phi) is 4.59. The van der Waals surface area contributed by atoms with Crippen molar-refractivity contribution >= 4 is 39.3 Å². The van der Waals surface area contributed by atoms with Crippen LogP contribution >= 0.6 is 23.1 Å². The van der Waals surface area contributed by atoms with Gasteiger partial charge in [-0.05, 0) is 31.7 Å². The minimum absolute atomic E-state index is 0.0234. The van der Waals surface area contributed by atoms with E-state index >= 15 is 0 Å². The highest BCUT2D eigenvalue weighted by atomic mass is 32.2. The molecule has 2 heterocycles. The third kappa shape index (κ3) is 3.07. The normalized spacial score (nSPS) is 13.3. The molecule has 2 aromatic rings. The van der Waals surface area contributed by atoms with Gasteiger partial charge < -0.3 is 4.74 Å². The van der Waals surface area contributed by atoms with Crippen LogP contribution < -0.4 is 5.56 Å². The van der Waals surface area contributed by atoms with Crippen LogP contribution in [0.1, 0.15) is 23.8 Å². The molecular formula is C16H18N2O3S2. The third-order valence-corrected chi connectivity index (χ3v) is 5.90. The van der Waals surface area contributed by atoms with Gasteiger partial charge in [0.25, 0.3) is 5.56 Å². The molecule has 0 aromatic carbocycles. The molecule has 23 heavy (non-hydrogen) atoms.